The maximum Gasteiger partial charge on any atom is 0.401 e. The largest absolute Gasteiger partial charge is 0.401 e. The van der Waals surface area contributed by atoms with Crippen LogP contribution < -0.4 is 5.32 Å². The summed E-state index contributed by atoms with van der Waals surface area (Å²) in [5.41, 5.74) is 0. The van der Waals surface area contributed by atoms with E-state index in [0.717, 1.165) is 12.3 Å². The molecule has 1 aliphatic heterocycles. The van der Waals surface area contributed by atoms with E-state index in [-0.39, 0.29) is 12.1 Å². The van der Waals surface area contributed by atoms with Crippen LogP contribution in [0.3, 0.4) is 0 Å². The molecule has 1 heterocycles. The third-order valence-electron chi connectivity index (χ3n) is 4.81. The molecule has 1 N–H and O–H groups in total. The van der Waals surface area contributed by atoms with Crippen LogP contribution in [0.1, 0.15) is 52.4 Å². The zero-order valence-corrected chi connectivity index (χ0v) is 12.5. The molecule has 2 nitrogen and oxygen atoms in total. The van der Waals surface area contributed by atoms with Gasteiger partial charge >= 0.3 is 6.18 Å². The van der Waals surface area contributed by atoms with Crippen molar-refractivity contribution in [1.82, 2.24) is 10.2 Å². The van der Waals surface area contributed by atoms with E-state index < -0.39 is 12.7 Å². The smallest absolute Gasteiger partial charge is 0.310 e. The van der Waals surface area contributed by atoms with Crippen molar-refractivity contribution in [2.24, 2.45) is 5.92 Å². The first-order valence-corrected chi connectivity index (χ1v) is 7.92. The molecule has 0 aromatic heterocycles. The quantitative estimate of drug-likeness (QED) is 0.852. The van der Waals surface area contributed by atoms with Crippen molar-refractivity contribution in [3.8, 4) is 0 Å². The number of nitrogens with one attached hydrogen (secondary N) is 1. The average molecular weight is 292 g/mol. The molecule has 3 atom stereocenters. The summed E-state index contributed by atoms with van der Waals surface area (Å²) in [6.07, 6.45) is 3.16. The van der Waals surface area contributed by atoms with E-state index in [1.807, 2.05) is 13.8 Å². The SMILES string of the molecule is CC(C)N(CC1CCC2CCCCC2N1)CC(F)(F)F. The maximum absolute atomic E-state index is 12.6. The van der Waals surface area contributed by atoms with Crippen LogP contribution in [0.5, 0.6) is 0 Å². The van der Waals surface area contributed by atoms with E-state index in [4.69, 9.17) is 0 Å². The van der Waals surface area contributed by atoms with E-state index in [0.29, 0.717) is 12.6 Å². The molecule has 5 heteroatoms. The second-order valence-corrected chi connectivity index (χ2v) is 6.73. The molecular weight excluding hydrogens is 265 g/mol. The molecule has 0 amide bonds. The Kier molecular flexibility index (Phi) is 5.35. The van der Waals surface area contributed by atoms with Gasteiger partial charge in [-0.1, -0.05) is 12.8 Å². The zero-order chi connectivity index (χ0) is 14.8. The lowest BCUT2D eigenvalue weighted by atomic mass is 9.77. The van der Waals surface area contributed by atoms with Crippen LogP contribution in [0.4, 0.5) is 13.2 Å². The van der Waals surface area contributed by atoms with Gasteiger partial charge in [0.1, 0.15) is 0 Å². The summed E-state index contributed by atoms with van der Waals surface area (Å²) in [4.78, 5) is 1.56. The Morgan fingerprint density at radius 1 is 1.10 bits per heavy atom. The summed E-state index contributed by atoms with van der Waals surface area (Å²) in [6.45, 7) is 3.41. The average Bonchev–Trinajstić information content (AvgIpc) is 2.36. The molecule has 2 rings (SSSR count). The number of piperidine rings is 1. The number of fused-ring (bicyclic) bond motifs is 1. The predicted octanol–water partition coefficient (Wildman–Crippen LogP) is 3.57. The van der Waals surface area contributed by atoms with Gasteiger partial charge in [0.25, 0.3) is 0 Å². The lowest BCUT2D eigenvalue weighted by Crippen LogP contribution is -2.54. The summed E-state index contributed by atoms with van der Waals surface area (Å²) in [5.74, 6) is 0.759. The van der Waals surface area contributed by atoms with Crippen LogP contribution in [-0.4, -0.2) is 42.3 Å². The Labute approximate surface area is 120 Å². The highest BCUT2D eigenvalue weighted by Gasteiger charge is 2.35. The predicted molar refractivity (Wildman–Crippen MR) is 74.7 cm³/mol. The fourth-order valence-corrected chi connectivity index (χ4v) is 3.69. The zero-order valence-electron chi connectivity index (χ0n) is 12.5. The van der Waals surface area contributed by atoms with Crippen LogP contribution in [-0.2, 0) is 0 Å². The van der Waals surface area contributed by atoms with Gasteiger partial charge < -0.3 is 5.32 Å². The van der Waals surface area contributed by atoms with Gasteiger partial charge in [-0.05, 0) is 45.4 Å². The molecule has 118 valence electrons. The van der Waals surface area contributed by atoms with Gasteiger partial charge in [0.2, 0.25) is 0 Å². The fourth-order valence-electron chi connectivity index (χ4n) is 3.69. The molecule has 1 aliphatic carbocycles. The summed E-state index contributed by atoms with van der Waals surface area (Å²) in [5, 5.41) is 3.62. The molecule has 2 aliphatic rings. The van der Waals surface area contributed by atoms with E-state index >= 15 is 0 Å². The molecule has 3 unspecified atom stereocenters. The highest BCUT2D eigenvalue weighted by Crippen LogP contribution is 2.32. The third-order valence-corrected chi connectivity index (χ3v) is 4.81. The molecule has 2 fully saturated rings. The van der Waals surface area contributed by atoms with Gasteiger partial charge in [-0.25, -0.2) is 0 Å². The molecule has 1 saturated carbocycles. The van der Waals surface area contributed by atoms with Gasteiger partial charge in [-0.2, -0.15) is 13.2 Å². The van der Waals surface area contributed by atoms with Crippen molar-refractivity contribution in [2.75, 3.05) is 13.1 Å². The van der Waals surface area contributed by atoms with E-state index in [2.05, 4.69) is 5.32 Å². The maximum atomic E-state index is 12.6. The minimum atomic E-state index is -4.10. The highest BCUT2D eigenvalue weighted by molar-refractivity contribution is 4.90. The van der Waals surface area contributed by atoms with Crippen LogP contribution in [0.15, 0.2) is 0 Å². The molecule has 0 radical (unpaired) electrons. The molecule has 20 heavy (non-hydrogen) atoms. The van der Waals surface area contributed by atoms with Crippen molar-refractivity contribution >= 4 is 0 Å². The monoisotopic (exact) mass is 292 g/mol. The second-order valence-electron chi connectivity index (χ2n) is 6.73. The summed E-state index contributed by atoms with van der Waals surface area (Å²) in [7, 11) is 0. The molecular formula is C15H27F3N2. The number of hydrogen-bond acceptors (Lipinski definition) is 2. The van der Waals surface area contributed by atoms with Crippen LogP contribution in [0.25, 0.3) is 0 Å². The van der Waals surface area contributed by atoms with Gasteiger partial charge in [-0.3, -0.25) is 4.90 Å². The van der Waals surface area contributed by atoms with Crippen molar-refractivity contribution in [2.45, 2.75) is 76.7 Å². The normalized spacial score (nSPS) is 31.6. The van der Waals surface area contributed by atoms with Gasteiger partial charge in [0.05, 0.1) is 6.54 Å². The van der Waals surface area contributed by atoms with Crippen LogP contribution >= 0.6 is 0 Å². The Balaban J connectivity index is 1.87. The molecule has 0 bridgehead atoms. The van der Waals surface area contributed by atoms with Crippen LogP contribution in [0.2, 0.25) is 0 Å². The summed E-state index contributed by atoms with van der Waals surface area (Å²) in [6, 6.07) is 0.698. The molecule has 0 aromatic rings. The van der Waals surface area contributed by atoms with Crippen molar-refractivity contribution < 1.29 is 13.2 Å². The first-order valence-electron chi connectivity index (χ1n) is 7.92. The van der Waals surface area contributed by atoms with E-state index in [9.17, 15) is 13.2 Å². The van der Waals surface area contributed by atoms with Gasteiger partial charge in [0.15, 0.2) is 0 Å². The topological polar surface area (TPSA) is 15.3 Å². The number of halogens is 3. The lowest BCUT2D eigenvalue weighted by molar-refractivity contribution is -0.150. The Morgan fingerprint density at radius 3 is 2.45 bits per heavy atom. The second kappa shape index (κ2) is 6.65. The lowest BCUT2D eigenvalue weighted by Gasteiger charge is -2.42. The molecule has 0 aromatic carbocycles. The minimum absolute atomic E-state index is 0.0671. The van der Waals surface area contributed by atoms with Crippen LogP contribution in [0, 0.1) is 5.92 Å². The standard InChI is InChI=1S/C15H27F3N2/c1-11(2)20(10-15(16,17)18)9-13-8-7-12-5-3-4-6-14(12)19-13/h11-14,19H,3-10H2,1-2H3. The number of nitrogens with zero attached hydrogens (tertiary/aromatic N) is 1. The van der Waals surface area contributed by atoms with E-state index in [1.165, 1.54) is 32.1 Å². The summed E-state index contributed by atoms with van der Waals surface area (Å²) < 4.78 is 37.9. The molecule has 0 spiro atoms. The Morgan fingerprint density at radius 2 is 1.80 bits per heavy atom. The Hall–Kier alpha value is -0.290. The van der Waals surface area contributed by atoms with Crippen molar-refractivity contribution in [3.05, 3.63) is 0 Å². The fraction of sp³-hybridized carbons (Fsp3) is 1.00. The first kappa shape index (κ1) is 16.1. The Bertz CT molecular complexity index is 304. The minimum Gasteiger partial charge on any atom is -0.310 e. The van der Waals surface area contributed by atoms with Crippen molar-refractivity contribution in [1.29, 1.82) is 0 Å². The number of rotatable bonds is 4. The van der Waals surface area contributed by atoms with Gasteiger partial charge in [-0.15, -0.1) is 0 Å². The highest BCUT2D eigenvalue weighted by atomic mass is 19.4. The number of hydrogen-bond donors (Lipinski definition) is 1. The first-order chi connectivity index (χ1) is 9.35. The van der Waals surface area contributed by atoms with Gasteiger partial charge in [0, 0.05) is 24.7 Å². The third kappa shape index (κ3) is 4.62. The van der Waals surface area contributed by atoms with Crippen molar-refractivity contribution in [3.63, 3.8) is 0 Å². The number of alkyl halides is 3. The summed E-state index contributed by atoms with van der Waals surface area (Å²) >= 11 is 0. The molecule has 1 saturated heterocycles. The van der Waals surface area contributed by atoms with E-state index in [1.54, 1.807) is 4.90 Å².